The zero-order valence-corrected chi connectivity index (χ0v) is 15.9. The number of imidazole rings is 1. The van der Waals surface area contributed by atoms with Crippen LogP contribution in [0.5, 0.6) is 0 Å². The van der Waals surface area contributed by atoms with Crippen molar-refractivity contribution in [3.63, 3.8) is 0 Å². The summed E-state index contributed by atoms with van der Waals surface area (Å²) >= 11 is 0. The fourth-order valence-corrected chi connectivity index (χ4v) is 2.56. The van der Waals surface area contributed by atoms with Gasteiger partial charge >= 0.3 is 17.9 Å². The van der Waals surface area contributed by atoms with Crippen molar-refractivity contribution in [1.29, 1.82) is 0 Å². The summed E-state index contributed by atoms with van der Waals surface area (Å²) < 4.78 is 1.76. The summed E-state index contributed by atoms with van der Waals surface area (Å²) in [5.74, 6) is -3.22. The van der Waals surface area contributed by atoms with E-state index in [4.69, 9.17) is 15.3 Å². The van der Waals surface area contributed by atoms with Gasteiger partial charge in [-0.2, -0.15) is 0 Å². The molecule has 0 atom stereocenters. The van der Waals surface area contributed by atoms with Crippen LogP contribution in [0.1, 0.15) is 47.9 Å². The highest BCUT2D eigenvalue weighted by atomic mass is 16.4. The van der Waals surface area contributed by atoms with E-state index in [1.807, 2.05) is 31.2 Å². The third-order valence-corrected chi connectivity index (χ3v) is 4.13. The molecule has 0 aliphatic heterocycles. The van der Waals surface area contributed by atoms with Crippen molar-refractivity contribution in [2.45, 2.75) is 20.4 Å². The quantitative estimate of drug-likeness (QED) is 0.603. The Kier molecular flexibility index (Phi) is 6.86. The fraction of sp³-hybridized carbons (Fsp3) is 0.143. The van der Waals surface area contributed by atoms with Crippen molar-refractivity contribution >= 4 is 17.9 Å². The maximum atomic E-state index is 10.6. The lowest BCUT2D eigenvalue weighted by molar-refractivity contribution is 0.0678. The minimum atomic E-state index is -1.11. The van der Waals surface area contributed by atoms with Crippen LogP contribution in [0.3, 0.4) is 0 Å². The minimum Gasteiger partial charge on any atom is -0.478 e. The summed E-state index contributed by atoms with van der Waals surface area (Å²) in [5, 5.41) is 26.1. The van der Waals surface area contributed by atoms with Crippen molar-refractivity contribution < 1.29 is 29.7 Å². The van der Waals surface area contributed by atoms with Crippen LogP contribution in [0.25, 0.3) is 0 Å². The van der Waals surface area contributed by atoms with Gasteiger partial charge in [-0.15, -0.1) is 0 Å². The number of aromatic carboxylic acids is 3. The fourth-order valence-electron chi connectivity index (χ4n) is 2.56. The van der Waals surface area contributed by atoms with Crippen LogP contribution in [0.4, 0.5) is 0 Å². The van der Waals surface area contributed by atoms with Crippen molar-refractivity contribution in [2.75, 3.05) is 0 Å². The smallest absolute Gasteiger partial charge is 0.356 e. The van der Waals surface area contributed by atoms with Gasteiger partial charge in [-0.25, -0.2) is 19.4 Å². The Morgan fingerprint density at radius 1 is 0.862 bits per heavy atom. The number of hydrogen-bond donors (Lipinski definition) is 3. The molecular weight excluding hydrogens is 376 g/mol. The van der Waals surface area contributed by atoms with Crippen LogP contribution in [0, 0.1) is 13.8 Å². The highest BCUT2D eigenvalue weighted by Crippen LogP contribution is 2.13. The van der Waals surface area contributed by atoms with Gasteiger partial charge in [0, 0.05) is 12.7 Å². The minimum absolute atomic E-state index is 0.0277. The molecule has 1 aromatic heterocycles. The van der Waals surface area contributed by atoms with Gasteiger partial charge in [0.05, 0.1) is 17.5 Å². The van der Waals surface area contributed by atoms with Gasteiger partial charge in [-0.3, -0.25) is 0 Å². The Balaban J connectivity index is 0.000000212. The Labute approximate surface area is 166 Å². The average Bonchev–Trinajstić information content (AvgIpc) is 3.13. The molecular formula is C21H20N2O6. The van der Waals surface area contributed by atoms with E-state index in [0.29, 0.717) is 6.54 Å². The Morgan fingerprint density at radius 3 is 1.86 bits per heavy atom. The summed E-state index contributed by atoms with van der Waals surface area (Å²) in [6.45, 7) is 4.15. The number of carboxylic acid groups (broad SMARTS) is 3. The van der Waals surface area contributed by atoms with E-state index in [1.165, 1.54) is 43.2 Å². The van der Waals surface area contributed by atoms with Gasteiger partial charge in [0.25, 0.3) is 0 Å². The first-order valence-electron chi connectivity index (χ1n) is 8.56. The number of aromatic nitrogens is 2. The number of carbonyl (C=O) groups is 3. The predicted octanol–water partition coefficient (Wildman–Crippen LogP) is 3.33. The summed E-state index contributed by atoms with van der Waals surface area (Å²) in [6, 6.07) is 12.3. The van der Waals surface area contributed by atoms with Crippen molar-refractivity contribution in [3.05, 3.63) is 88.5 Å². The van der Waals surface area contributed by atoms with Crippen molar-refractivity contribution in [3.8, 4) is 0 Å². The molecule has 29 heavy (non-hydrogen) atoms. The van der Waals surface area contributed by atoms with Gasteiger partial charge in [-0.05, 0) is 37.1 Å². The van der Waals surface area contributed by atoms with Crippen LogP contribution in [0.15, 0.2) is 55.0 Å². The SMILES string of the molecule is Cc1c(C(=O)O)cccc1C(=O)O.Cc1ccc(Cn2cnc(C(=O)O)c2)cc1. The molecule has 0 spiro atoms. The lowest BCUT2D eigenvalue weighted by Crippen LogP contribution is -2.06. The largest absolute Gasteiger partial charge is 0.478 e. The van der Waals surface area contributed by atoms with E-state index in [1.54, 1.807) is 4.57 Å². The molecule has 3 aromatic rings. The Morgan fingerprint density at radius 2 is 1.41 bits per heavy atom. The van der Waals surface area contributed by atoms with Crippen LogP contribution in [-0.2, 0) is 6.54 Å². The molecule has 0 radical (unpaired) electrons. The zero-order valence-electron chi connectivity index (χ0n) is 15.9. The first-order valence-corrected chi connectivity index (χ1v) is 8.56. The average molecular weight is 396 g/mol. The molecule has 1 heterocycles. The number of nitrogens with zero attached hydrogens (tertiary/aromatic N) is 2. The van der Waals surface area contributed by atoms with Crippen molar-refractivity contribution in [2.24, 2.45) is 0 Å². The van der Waals surface area contributed by atoms with Crippen LogP contribution >= 0.6 is 0 Å². The normalized spacial score (nSPS) is 10.0. The second-order valence-electron chi connectivity index (χ2n) is 6.31. The standard InChI is InChI=1S/C12H12N2O2.C9H8O4/c1-9-2-4-10(5-3-9)6-14-7-11(12(15)16)13-8-14;1-5-6(8(10)11)3-2-4-7(5)9(12)13/h2-5,7-8H,6H2,1H3,(H,15,16);2-4H,1H3,(H,10,11)(H,12,13). The first kappa shape index (κ1) is 21.4. The zero-order chi connectivity index (χ0) is 21.6. The number of hydrogen-bond acceptors (Lipinski definition) is 4. The number of aryl methyl sites for hydroxylation is 1. The summed E-state index contributed by atoms with van der Waals surface area (Å²) in [5.41, 5.74) is 2.75. The molecule has 2 aromatic carbocycles. The molecule has 3 rings (SSSR count). The molecule has 8 heteroatoms. The van der Waals surface area contributed by atoms with Gasteiger partial charge < -0.3 is 19.9 Å². The first-order chi connectivity index (χ1) is 13.7. The van der Waals surface area contributed by atoms with Crippen LogP contribution in [-0.4, -0.2) is 42.8 Å². The topological polar surface area (TPSA) is 130 Å². The third-order valence-electron chi connectivity index (χ3n) is 4.13. The van der Waals surface area contributed by atoms with Gasteiger partial charge in [0.15, 0.2) is 5.69 Å². The van der Waals surface area contributed by atoms with Gasteiger partial charge in [0.1, 0.15) is 0 Å². The molecule has 0 aliphatic carbocycles. The molecule has 0 unspecified atom stereocenters. The maximum Gasteiger partial charge on any atom is 0.356 e. The van der Waals surface area contributed by atoms with Crippen molar-refractivity contribution in [1.82, 2.24) is 9.55 Å². The highest BCUT2D eigenvalue weighted by molar-refractivity contribution is 5.96. The Bertz CT molecular complexity index is 1010. The predicted molar refractivity (Wildman–Crippen MR) is 105 cm³/mol. The van der Waals surface area contributed by atoms with Gasteiger partial charge in [0.2, 0.25) is 0 Å². The molecule has 0 bridgehead atoms. The molecule has 0 saturated heterocycles. The number of rotatable bonds is 5. The van der Waals surface area contributed by atoms with Crippen LogP contribution < -0.4 is 0 Å². The summed E-state index contributed by atoms with van der Waals surface area (Å²) in [7, 11) is 0. The third kappa shape index (κ3) is 5.77. The maximum absolute atomic E-state index is 10.6. The van der Waals surface area contributed by atoms with E-state index in [-0.39, 0.29) is 22.4 Å². The molecule has 150 valence electrons. The molecule has 8 nitrogen and oxygen atoms in total. The molecule has 0 aliphatic rings. The molecule has 0 amide bonds. The Hall–Kier alpha value is -3.94. The monoisotopic (exact) mass is 396 g/mol. The number of benzene rings is 2. The summed E-state index contributed by atoms with van der Waals surface area (Å²) in [6.07, 6.45) is 3.06. The second-order valence-corrected chi connectivity index (χ2v) is 6.31. The highest BCUT2D eigenvalue weighted by Gasteiger charge is 2.13. The van der Waals surface area contributed by atoms with E-state index >= 15 is 0 Å². The summed E-state index contributed by atoms with van der Waals surface area (Å²) in [4.78, 5) is 35.6. The van der Waals surface area contributed by atoms with Gasteiger partial charge in [-0.1, -0.05) is 35.9 Å². The second kappa shape index (κ2) is 9.32. The van der Waals surface area contributed by atoms with E-state index in [2.05, 4.69) is 4.98 Å². The lowest BCUT2D eigenvalue weighted by Gasteiger charge is -2.03. The molecule has 3 N–H and O–H groups in total. The van der Waals surface area contributed by atoms with E-state index in [9.17, 15) is 14.4 Å². The van der Waals surface area contributed by atoms with E-state index in [0.717, 1.165) is 5.56 Å². The molecule has 0 saturated carbocycles. The number of carboxylic acids is 3. The lowest BCUT2D eigenvalue weighted by atomic mass is 10.0. The van der Waals surface area contributed by atoms with Crippen LogP contribution in [0.2, 0.25) is 0 Å². The molecule has 0 fully saturated rings. The van der Waals surface area contributed by atoms with E-state index < -0.39 is 17.9 Å².